The van der Waals surface area contributed by atoms with Gasteiger partial charge >= 0.3 is 7.12 Å². The van der Waals surface area contributed by atoms with Gasteiger partial charge < -0.3 is 15.4 Å². The molecule has 0 aliphatic rings. The van der Waals surface area contributed by atoms with Crippen LogP contribution in [-0.2, 0) is 0 Å². The molecule has 0 saturated carbocycles. The minimum atomic E-state index is -1.61. The van der Waals surface area contributed by atoms with Gasteiger partial charge in [-0.25, -0.2) is 0 Å². The highest BCUT2D eigenvalue weighted by molar-refractivity contribution is 6.58. The maximum absolute atomic E-state index is 12.3. The van der Waals surface area contributed by atoms with Crippen LogP contribution in [0.2, 0.25) is 10.0 Å². The molecular formula is C14H12BCl2NO3. The highest BCUT2D eigenvalue weighted by Gasteiger charge is 2.17. The summed E-state index contributed by atoms with van der Waals surface area (Å²) in [6.07, 6.45) is 0. The highest BCUT2D eigenvalue weighted by atomic mass is 35.5. The molecule has 7 heteroatoms. The first-order valence-electron chi connectivity index (χ1n) is 6.12. The Morgan fingerprint density at radius 1 is 1.14 bits per heavy atom. The Morgan fingerprint density at radius 2 is 1.76 bits per heavy atom. The monoisotopic (exact) mass is 323 g/mol. The number of amides is 1. The number of halogens is 2. The quantitative estimate of drug-likeness (QED) is 0.759. The van der Waals surface area contributed by atoms with Gasteiger partial charge in [-0.3, -0.25) is 4.79 Å². The summed E-state index contributed by atoms with van der Waals surface area (Å²) in [5.74, 6) is -0.460. The van der Waals surface area contributed by atoms with E-state index in [2.05, 4.69) is 5.32 Å². The third-order valence-electron chi connectivity index (χ3n) is 3.00. The number of carbonyl (C=O) groups excluding carboxylic acids is 1. The summed E-state index contributed by atoms with van der Waals surface area (Å²) in [5, 5.41) is 21.5. The Hall–Kier alpha value is -1.53. The first-order chi connectivity index (χ1) is 9.90. The summed E-state index contributed by atoms with van der Waals surface area (Å²) < 4.78 is 0. The molecule has 0 fully saturated rings. The predicted molar refractivity (Wildman–Crippen MR) is 85.4 cm³/mol. The van der Waals surface area contributed by atoms with Crippen LogP contribution < -0.4 is 10.8 Å². The second-order valence-corrected chi connectivity index (χ2v) is 5.31. The van der Waals surface area contributed by atoms with E-state index in [9.17, 15) is 14.8 Å². The van der Waals surface area contributed by atoms with Crippen LogP contribution in [0.1, 0.15) is 15.9 Å². The lowest BCUT2D eigenvalue weighted by Crippen LogP contribution is -2.30. The summed E-state index contributed by atoms with van der Waals surface area (Å²) in [7, 11) is -1.61. The van der Waals surface area contributed by atoms with Gasteiger partial charge in [-0.2, -0.15) is 0 Å². The third-order valence-corrected chi connectivity index (χ3v) is 3.63. The molecule has 0 aliphatic heterocycles. The van der Waals surface area contributed by atoms with E-state index >= 15 is 0 Å². The first kappa shape index (κ1) is 15.9. The van der Waals surface area contributed by atoms with Crippen molar-refractivity contribution in [2.75, 3.05) is 5.32 Å². The fraction of sp³-hybridized carbons (Fsp3) is 0.0714. The molecule has 108 valence electrons. The Bertz CT molecular complexity index is 672. The lowest BCUT2D eigenvalue weighted by molar-refractivity contribution is 0.102. The van der Waals surface area contributed by atoms with Gasteiger partial charge in [-0.05, 0) is 36.1 Å². The average molecular weight is 324 g/mol. The topological polar surface area (TPSA) is 69.6 Å². The van der Waals surface area contributed by atoms with Crippen LogP contribution in [0.5, 0.6) is 0 Å². The second kappa shape index (κ2) is 6.49. The molecule has 0 aromatic heterocycles. The van der Waals surface area contributed by atoms with Gasteiger partial charge in [0.2, 0.25) is 0 Å². The summed E-state index contributed by atoms with van der Waals surface area (Å²) >= 11 is 12.0. The highest BCUT2D eigenvalue weighted by Crippen LogP contribution is 2.25. The fourth-order valence-electron chi connectivity index (χ4n) is 1.83. The number of benzene rings is 2. The molecule has 0 atom stereocenters. The van der Waals surface area contributed by atoms with Crippen LogP contribution in [-0.4, -0.2) is 23.1 Å². The summed E-state index contributed by atoms with van der Waals surface area (Å²) in [4.78, 5) is 12.3. The van der Waals surface area contributed by atoms with Gasteiger partial charge in [0.1, 0.15) is 0 Å². The van der Waals surface area contributed by atoms with E-state index < -0.39 is 13.0 Å². The third kappa shape index (κ3) is 3.57. The van der Waals surface area contributed by atoms with Crippen molar-refractivity contribution in [3.8, 4) is 0 Å². The van der Waals surface area contributed by atoms with Crippen molar-refractivity contribution in [1.82, 2.24) is 0 Å². The van der Waals surface area contributed by atoms with Crippen molar-refractivity contribution >= 4 is 47.4 Å². The van der Waals surface area contributed by atoms with Gasteiger partial charge in [-0.1, -0.05) is 41.4 Å². The van der Waals surface area contributed by atoms with Crippen molar-refractivity contribution in [2.24, 2.45) is 0 Å². The normalized spacial score (nSPS) is 10.3. The summed E-state index contributed by atoms with van der Waals surface area (Å²) in [5.41, 5.74) is 1.69. The minimum Gasteiger partial charge on any atom is -0.423 e. The zero-order valence-electron chi connectivity index (χ0n) is 11.1. The Balaban J connectivity index is 2.34. The lowest BCUT2D eigenvalue weighted by Gasteiger charge is -2.12. The fourth-order valence-corrected chi connectivity index (χ4v) is 2.40. The zero-order chi connectivity index (χ0) is 15.6. The molecule has 2 aromatic carbocycles. The van der Waals surface area contributed by atoms with Gasteiger partial charge in [0.15, 0.2) is 0 Å². The Labute approximate surface area is 132 Å². The Kier molecular flexibility index (Phi) is 4.90. The molecule has 21 heavy (non-hydrogen) atoms. The molecule has 1 amide bonds. The number of anilines is 1. The molecule has 0 radical (unpaired) electrons. The lowest BCUT2D eigenvalue weighted by atomic mass is 9.79. The van der Waals surface area contributed by atoms with Crippen LogP contribution in [0.25, 0.3) is 0 Å². The number of nitrogens with one attached hydrogen (secondary N) is 1. The molecule has 0 aliphatic carbocycles. The van der Waals surface area contributed by atoms with E-state index in [0.29, 0.717) is 5.69 Å². The van der Waals surface area contributed by atoms with Crippen LogP contribution in [0.4, 0.5) is 5.69 Å². The number of hydrogen-bond acceptors (Lipinski definition) is 3. The molecule has 3 N–H and O–H groups in total. The van der Waals surface area contributed by atoms with Crippen molar-refractivity contribution in [2.45, 2.75) is 6.92 Å². The van der Waals surface area contributed by atoms with E-state index in [1.54, 1.807) is 37.3 Å². The largest absolute Gasteiger partial charge is 0.488 e. The van der Waals surface area contributed by atoms with Crippen molar-refractivity contribution < 1.29 is 14.8 Å². The molecule has 0 unspecified atom stereocenters. The molecule has 0 saturated heterocycles. The molecule has 0 spiro atoms. The smallest absolute Gasteiger partial charge is 0.423 e. The van der Waals surface area contributed by atoms with Crippen molar-refractivity contribution in [1.29, 1.82) is 0 Å². The molecule has 2 aromatic rings. The Morgan fingerprint density at radius 3 is 2.33 bits per heavy atom. The van der Waals surface area contributed by atoms with Crippen LogP contribution >= 0.6 is 23.2 Å². The van der Waals surface area contributed by atoms with Crippen LogP contribution in [0.15, 0.2) is 36.4 Å². The number of rotatable bonds is 3. The molecule has 0 bridgehead atoms. The maximum Gasteiger partial charge on any atom is 0.488 e. The molecular weight excluding hydrogens is 312 g/mol. The zero-order valence-corrected chi connectivity index (χ0v) is 12.6. The molecule has 4 nitrogen and oxygen atoms in total. The number of aryl methyl sites for hydroxylation is 1. The molecule has 2 rings (SSSR count). The number of hydrogen-bond donors (Lipinski definition) is 3. The van der Waals surface area contributed by atoms with Crippen molar-refractivity contribution in [3.05, 3.63) is 57.6 Å². The second-order valence-electron chi connectivity index (χ2n) is 4.50. The number of carbonyl (C=O) groups is 1. The first-order valence-corrected chi connectivity index (χ1v) is 6.88. The van der Waals surface area contributed by atoms with Crippen LogP contribution in [0, 0.1) is 6.92 Å². The van der Waals surface area contributed by atoms with Crippen LogP contribution in [0.3, 0.4) is 0 Å². The van der Waals surface area contributed by atoms with Gasteiger partial charge in [0, 0.05) is 5.69 Å². The SMILES string of the molecule is Cc1ccc(B(O)O)cc1NC(=O)c1c(Cl)cccc1Cl. The summed E-state index contributed by atoms with van der Waals surface area (Å²) in [6.45, 7) is 1.79. The molecule has 0 heterocycles. The van der Waals surface area contributed by atoms with E-state index in [0.717, 1.165) is 5.56 Å². The minimum absolute atomic E-state index is 0.176. The summed E-state index contributed by atoms with van der Waals surface area (Å²) in [6, 6.07) is 9.53. The van der Waals surface area contributed by atoms with E-state index in [1.165, 1.54) is 6.07 Å². The average Bonchev–Trinajstić information content (AvgIpc) is 2.40. The van der Waals surface area contributed by atoms with E-state index in [-0.39, 0.29) is 21.1 Å². The van der Waals surface area contributed by atoms with Gasteiger partial charge in [-0.15, -0.1) is 0 Å². The van der Waals surface area contributed by atoms with E-state index in [1.807, 2.05) is 0 Å². The van der Waals surface area contributed by atoms with Gasteiger partial charge in [0.25, 0.3) is 5.91 Å². The predicted octanol–water partition coefficient (Wildman–Crippen LogP) is 2.23. The standard InChI is InChI=1S/C14H12BCl2NO3/c1-8-5-6-9(15(20)21)7-12(8)18-14(19)13-10(16)3-2-4-11(13)17/h2-7,20-21H,1H3,(H,18,19). The van der Waals surface area contributed by atoms with Crippen molar-refractivity contribution in [3.63, 3.8) is 0 Å². The maximum atomic E-state index is 12.3. The van der Waals surface area contributed by atoms with Gasteiger partial charge in [0.05, 0.1) is 15.6 Å². The van der Waals surface area contributed by atoms with E-state index in [4.69, 9.17) is 23.2 Å².